The number of carboxylic acid groups (broad SMARTS) is 1. The molecule has 0 radical (unpaired) electrons. The molecule has 5 nitrogen and oxygen atoms in total. The minimum absolute atomic E-state index is 0.0812. The molecular weight excluding hydrogens is 210 g/mol. The first-order valence-electron chi connectivity index (χ1n) is 4.75. The van der Waals surface area contributed by atoms with Gasteiger partial charge in [0.15, 0.2) is 6.10 Å². The van der Waals surface area contributed by atoms with E-state index in [9.17, 15) is 9.59 Å². The molecule has 1 aromatic carbocycles. The molecule has 0 saturated carbocycles. The summed E-state index contributed by atoms with van der Waals surface area (Å²) >= 11 is 0. The Labute approximate surface area is 92.8 Å². The summed E-state index contributed by atoms with van der Waals surface area (Å²) in [5, 5.41) is 8.61. The zero-order valence-corrected chi connectivity index (χ0v) is 8.84. The van der Waals surface area contributed by atoms with Gasteiger partial charge in [-0.2, -0.15) is 0 Å². The third-order valence-electron chi connectivity index (χ3n) is 1.97. The average molecular weight is 223 g/mol. The Morgan fingerprint density at radius 1 is 1.50 bits per heavy atom. The summed E-state index contributed by atoms with van der Waals surface area (Å²) in [4.78, 5) is 21.3. The van der Waals surface area contributed by atoms with E-state index in [1.165, 1.54) is 6.92 Å². The number of hydrogen-bond acceptors (Lipinski definition) is 3. The van der Waals surface area contributed by atoms with Gasteiger partial charge in [-0.25, -0.2) is 0 Å². The van der Waals surface area contributed by atoms with Crippen LogP contribution in [0.2, 0.25) is 0 Å². The van der Waals surface area contributed by atoms with Crippen molar-refractivity contribution >= 4 is 11.9 Å². The van der Waals surface area contributed by atoms with Crippen LogP contribution >= 0.6 is 0 Å². The van der Waals surface area contributed by atoms with Crippen LogP contribution in [-0.2, 0) is 16.0 Å². The molecule has 3 N–H and O–H groups in total. The lowest BCUT2D eigenvalue weighted by Gasteiger charge is -2.11. The lowest BCUT2D eigenvalue weighted by molar-refractivity contribution is -0.136. The van der Waals surface area contributed by atoms with Crippen LogP contribution in [0.1, 0.15) is 12.5 Å². The molecule has 1 rings (SSSR count). The Hall–Kier alpha value is -2.04. The van der Waals surface area contributed by atoms with E-state index in [0.717, 1.165) is 0 Å². The number of aliphatic carboxylic acids is 1. The maximum atomic E-state index is 10.8. The van der Waals surface area contributed by atoms with Gasteiger partial charge in [0.1, 0.15) is 5.75 Å². The first-order chi connectivity index (χ1) is 7.49. The van der Waals surface area contributed by atoms with Crippen molar-refractivity contribution in [3.8, 4) is 5.75 Å². The normalized spacial score (nSPS) is 11.8. The zero-order valence-electron chi connectivity index (χ0n) is 8.84. The second-order valence-corrected chi connectivity index (χ2v) is 3.38. The molecule has 0 fully saturated rings. The van der Waals surface area contributed by atoms with Gasteiger partial charge in [-0.1, -0.05) is 12.1 Å². The highest BCUT2D eigenvalue weighted by molar-refractivity contribution is 5.78. The summed E-state index contributed by atoms with van der Waals surface area (Å²) in [6, 6.07) is 6.57. The molecule has 0 aliphatic heterocycles. The van der Waals surface area contributed by atoms with Crippen LogP contribution in [0.25, 0.3) is 0 Å². The minimum Gasteiger partial charge on any atom is -0.481 e. The second kappa shape index (κ2) is 5.16. The standard InChI is InChI=1S/C11H13NO4/c1-7(11(12)15)16-9-4-2-3-8(5-9)6-10(13)14/h2-5,7H,6H2,1H3,(H2,12,15)(H,13,14). The topological polar surface area (TPSA) is 89.6 Å². The number of amides is 1. The Morgan fingerprint density at radius 2 is 2.19 bits per heavy atom. The predicted molar refractivity (Wildman–Crippen MR) is 57.1 cm³/mol. The van der Waals surface area contributed by atoms with E-state index >= 15 is 0 Å². The molecule has 16 heavy (non-hydrogen) atoms. The van der Waals surface area contributed by atoms with E-state index < -0.39 is 18.0 Å². The molecule has 1 atom stereocenters. The summed E-state index contributed by atoms with van der Waals surface area (Å²) in [5.41, 5.74) is 5.66. The third-order valence-corrected chi connectivity index (χ3v) is 1.97. The quantitative estimate of drug-likeness (QED) is 0.763. The highest BCUT2D eigenvalue weighted by Crippen LogP contribution is 2.15. The number of ether oxygens (including phenoxy) is 1. The number of nitrogens with two attached hydrogens (primary N) is 1. The number of benzene rings is 1. The number of primary amides is 1. The lowest BCUT2D eigenvalue weighted by Crippen LogP contribution is -2.30. The van der Waals surface area contributed by atoms with Crippen LogP contribution in [0.3, 0.4) is 0 Å². The molecule has 0 saturated heterocycles. The smallest absolute Gasteiger partial charge is 0.307 e. The number of rotatable bonds is 5. The molecule has 0 aliphatic carbocycles. The zero-order chi connectivity index (χ0) is 12.1. The Bertz CT molecular complexity index is 403. The van der Waals surface area contributed by atoms with Gasteiger partial charge in [-0.3, -0.25) is 9.59 Å². The molecule has 0 aliphatic rings. The van der Waals surface area contributed by atoms with Crippen LogP contribution in [0.5, 0.6) is 5.75 Å². The maximum Gasteiger partial charge on any atom is 0.307 e. The Balaban J connectivity index is 2.74. The van der Waals surface area contributed by atoms with Crippen LogP contribution < -0.4 is 10.5 Å². The fourth-order valence-electron chi connectivity index (χ4n) is 1.17. The van der Waals surface area contributed by atoms with Gasteiger partial charge in [0, 0.05) is 0 Å². The fraction of sp³-hybridized carbons (Fsp3) is 0.273. The highest BCUT2D eigenvalue weighted by atomic mass is 16.5. The largest absolute Gasteiger partial charge is 0.481 e. The van der Waals surface area contributed by atoms with Crippen molar-refractivity contribution in [3.05, 3.63) is 29.8 Å². The summed E-state index contributed by atoms with van der Waals surface area (Å²) in [5.74, 6) is -1.05. The molecular formula is C11H13NO4. The van der Waals surface area contributed by atoms with Crippen LogP contribution in [0, 0.1) is 0 Å². The SMILES string of the molecule is CC(Oc1cccc(CC(=O)O)c1)C(N)=O. The molecule has 1 unspecified atom stereocenters. The van der Waals surface area contributed by atoms with Crippen molar-refractivity contribution in [3.63, 3.8) is 0 Å². The first-order valence-corrected chi connectivity index (χ1v) is 4.75. The van der Waals surface area contributed by atoms with E-state index in [-0.39, 0.29) is 6.42 Å². The number of carbonyl (C=O) groups excluding carboxylic acids is 1. The van der Waals surface area contributed by atoms with E-state index in [4.69, 9.17) is 15.6 Å². The summed E-state index contributed by atoms with van der Waals surface area (Å²) in [6.45, 7) is 1.53. The van der Waals surface area contributed by atoms with Crippen molar-refractivity contribution < 1.29 is 19.4 Å². The Kier molecular flexibility index (Phi) is 3.88. The minimum atomic E-state index is -0.917. The van der Waals surface area contributed by atoms with Crippen molar-refractivity contribution in [2.45, 2.75) is 19.4 Å². The number of carboxylic acids is 1. The molecule has 86 valence electrons. The summed E-state index contributed by atoms with van der Waals surface area (Å²) in [6.07, 6.45) is -0.817. The van der Waals surface area contributed by atoms with E-state index in [2.05, 4.69) is 0 Å². The molecule has 1 amide bonds. The molecule has 0 aromatic heterocycles. The van der Waals surface area contributed by atoms with Gasteiger partial charge in [-0.15, -0.1) is 0 Å². The summed E-state index contributed by atoms with van der Waals surface area (Å²) in [7, 11) is 0. The van der Waals surface area contributed by atoms with Gasteiger partial charge in [0.2, 0.25) is 0 Å². The van der Waals surface area contributed by atoms with Crippen molar-refractivity contribution in [1.29, 1.82) is 0 Å². The van der Waals surface area contributed by atoms with E-state index in [1.807, 2.05) is 0 Å². The average Bonchev–Trinajstić information content (AvgIpc) is 2.16. The highest BCUT2D eigenvalue weighted by Gasteiger charge is 2.10. The second-order valence-electron chi connectivity index (χ2n) is 3.38. The van der Waals surface area contributed by atoms with Gasteiger partial charge < -0.3 is 15.6 Å². The first kappa shape index (κ1) is 12.0. The molecule has 0 spiro atoms. The molecule has 0 bridgehead atoms. The van der Waals surface area contributed by atoms with Gasteiger partial charge in [-0.05, 0) is 24.6 Å². The van der Waals surface area contributed by atoms with E-state index in [0.29, 0.717) is 11.3 Å². The van der Waals surface area contributed by atoms with Crippen molar-refractivity contribution in [2.24, 2.45) is 5.73 Å². The van der Waals surface area contributed by atoms with Crippen molar-refractivity contribution in [2.75, 3.05) is 0 Å². The fourth-order valence-corrected chi connectivity index (χ4v) is 1.17. The molecule has 1 aromatic rings. The van der Waals surface area contributed by atoms with Gasteiger partial charge in [0.05, 0.1) is 6.42 Å². The van der Waals surface area contributed by atoms with Gasteiger partial charge in [0.25, 0.3) is 5.91 Å². The van der Waals surface area contributed by atoms with Crippen LogP contribution in [0.15, 0.2) is 24.3 Å². The van der Waals surface area contributed by atoms with Crippen LogP contribution in [-0.4, -0.2) is 23.1 Å². The molecule has 5 heteroatoms. The van der Waals surface area contributed by atoms with Crippen LogP contribution in [0.4, 0.5) is 0 Å². The number of hydrogen-bond donors (Lipinski definition) is 2. The maximum absolute atomic E-state index is 10.8. The monoisotopic (exact) mass is 223 g/mol. The summed E-state index contributed by atoms with van der Waals surface area (Å²) < 4.78 is 5.23. The van der Waals surface area contributed by atoms with E-state index in [1.54, 1.807) is 24.3 Å². The molecule has 0 heterocycles. The third kappa shape index (κ3) is 3.61. The van der Waals surface area contributed by atoms with Gasteiger partial charge >= 0.3 is 5.97 Å². The lowest BCUT2D eigenvalue weighted by atomic mass is 10.1. The number of carbonyl (C=O) groups is 2. The Morgan fingerprint density at radius 3 is 2.75 bits per heavy atom. The van der Waals surface area contributed by atoms with Crippen molar-refractivity contribution in [1.82, 2.24) is 0 Å². The predicted octanol–water partition coefficient (Wildman–Crippen LogP) is 0.566.